The van der Waals surface area contributed by atoms with Crippen LogP contribution in [0.4, 0.5) is 0 Å². The quantitative estimate of drug-likeness (QED) is 0.154. The lowest BCUT2D eigenvalue weighted by molar-refractivity contribution is -0.361. The second-order valence-electron chi connectivity index (χ2n) is 8.37. The van der Waals surface area contributed by atoms with E-state index in [2.05, 4.69) is 0 Å². The predicted molar refractivity (Wildman–Crippen MR) is 101 cm³/mol. The van der Waals surface area contributed by atoms with Gasteiger partial charge in [0, 0.05) is 0 Å². The van der Waals surface area contributed by atoms with E-state index in [9.17, 15) is 56.2 Å². The van der Waals surface area contributed by atoms with Crippen LogP contribution in [0.5, 0.6) is 0 Å². The molecule has 0 bridgehead atoms. The molecule has 0 aromatic heterocycles. The SMILES string of the molecule is OC[C@H]1O[C@H](OC[C@H]2O[C@@H](O)[C@H](O)[C@@H](O[C@H]3O[C@H](CO)[C@@H](O)[C@H](O)[C@@H]3O)[C@@H]2O)[C@@H](O)[C@@H](O)[C@@H]1O. The van der Waals surface area contributed by atoms with E-state index in [1.807, 2.05) is 0 Å². The summed E-state index contributed by atoms with van der Waals surface area (Å²) in [5.74, 6) is 0. The Morgan fingerprint density at radius 1 is 0.500 bits per heavy atom. The lowest BCUT2D eigenvalue weighted by Gasteiger charge is -2.45. The van der Waals surface area contributed by atoms with Gasteiger partial charge >= 0.3 is 0 Å². The maximum atomic E-state index is 10.6. The van der Waals surface area contributed by atoms with E-state index in [4.69, 9.17) is 23.7 Å². The molecule has 0 aromatic rings. The summed E-state index contributed by atoms with van der Waals surface area (Å²) in [7, 11) is 0. The van der Waals surface area contributed by atoms with Gasteiger partial charge in [0.05, 0.1) is 19.8 Å². The molecule has 15 atom stereocenters. The molecule has 16 heteroatoms. The average molecular weight is 504 g/mol. The van der Waals surface area contributed by atoms with Gasteiger partial charge in [0.2, 0.25) is 0 Å². The molecule has 3 rings (SSSR count). The van der Waals surface area contributed by atoms with Gasteiger partial charge in [-0.3, -0.25) is 0 Å². The van der Waals surface area contributed by atoms with Gasteiger partial charge in [0.1, 0.15) is 73.2 Å². The normalized spacial score (nSPS) is 52.5. The first-order valence-electron chi connectivity index (χ1n) is 10.6. The Morgan fingerprint density at radius 2 is 1.00 bits per heavy atom. The summed E-state index contributed by atoms with van der Waals surface area (Å²) in [6, 6.07) is 0. The van der Waals surface area contributed by atoms with Crippen molar-refractivity contribution in [3.05, 3.63) is 0 Å². The molecule has 3 aliphatic rings. The highest BCUT2D eigenvalue weighted by atomic mass is 16.7. The van der Waals surface area contributed by atoms with Crippen molar-refractivity contribution in [1.82, 2.24) is 0 Å². The Morgan fingerprint density at radius 3 is 1.53 bits per heavy atom. The van der Waals surface area contributed by atoms with E-state index in [-0.39, 0.29) is 0 Å². The zero-order valence-corrected chi connectivity index (χ0v) is 17.7. The van der Waals surface area contributed by atoms with Gasteiger partial charge < -0.3 is 79.9 Å². The molecule has 3 heterocycles. The first-order chi connectivity index (χ1) is 16.0. The standard InChI is InChI=1S/C18H32O16/c19-1-4-7(21)10(24)12(26)17(32-4)30-3-6-9(23)15(14(28)16(29)31-6)34-18-13(27)11(25)8(22)5(2-20)33-18/h4-29H,1-3H2/t4-,5-,6-,7-,8-,9-,10+,11+,12+,13+,14-,15+,16-,17+,18-/m1/s1. The Bertz CT molecular complexity index is 637. The van der Waals surface area contributed by atoms with Gasteiger partial charge in [-0.25, -0.2) is 0 Å². The predicted octanol–water partition coefficient (Wildman–Crippen LogP) is -7.57. The van der Waals surface area contributed by atoms with Crippen LogP contribution in [0.3, 0.4) is 0 Å². The lowest BCUT2D eigenvalue weighted by Crippen LogP contribution is -2.65. The van der Waals surface area contributed by atoms with Crippen LogP contribution in [0.2, 0.25) is 0 Å². The Balaban J connectivity index is 1.65. The molecule has 0 unspecified atom stereocenters. The van der Waals surface area contributed by atoms with Crippen molar-refractivity contribution < 1.29 is 79.9 Å². The lowest BCUT2D eigenvalue weighted by atomic mass is 9.97. The monoisotopic (exact) mass is 504 g/mol. The largest absolute Gasteiger partial charge is 0.394 e. The van der Waals surface area contributed by atoms with Crippen molar-refractivity contribution in [2.24, 2.45) is 0 Å². The molecule has 0 saturated carbocycles. The Hall–Kier alpha value is -0.640. The van der Waals surface area contributed by atoms with E-state index >= 15 is 0 Å². The molecule has 16 nitrogen and oxygen atoms in total. The van der Waals surface area contributed by atoms with E-state index in [0.29, 0.717) is 0 Å². The molecule has 200 valence electrons. The van der Waals surface area contributed by atoms with Gasteiger partial charge in [0.15, 0.2) is 18.9 Å². The third kappa shape index (κ3) is 5.52. The summed E-state index contributed by atoms with van der Waals surface area (Å²) in [6.45, 7) is -2.06. The van der Waals surface area contributed by atoms with Crippen LogP contribution in [-0.4, -0.2) is 168 Å². The number of ether oxygens (including phenoxy) is 5. The average Bonchev–Trinajstić information content (AvgIpc) is 2.82. The van der Waals surface area contributed by atoms with E-state index < -0.39 is 112 Å². The number of hydrogen-bond donors (Lipinski definition) is 11. The van der Waals surface area contributed by atoms with Crippen LogP contribution in [0, 0.1) is 0 Å². The highest BCUT2D eigenvalue weighted by Gasteiger charge is 2.51. The summed E-state index contributed by atoms with van der Waals surface area (Å²) in [5.41, 5.74) is 0. The van der Waals surface area contributed by atoms with Crippen molar-refractivity contribution in [3.8, 4) is 0 Å². The summed E-state index contributed by atoms with van der Waals surface area (Å²) in [6.07, 6.45) is -24.9. The van der Waals surface area contributed by atoms with Crippen molar-refractivity contribution in [2.75, 3.05) is 19.8 Å². The first-order valence-corrected chi connectivity index (χ1v) is 10.6. The Labute approximate surface area is 192 Å². The fourth-order valence-electron chi connectivity index (χ4n) is 3.94. The van der Waals surface area contributed by atoms with Crippen molar-refractivity contribution in [1.29, 1.82) is 0 Å². The first kappa shape index (κ1) is 27.9. The molecule has 11 N–H and O–H groups in total. The smallest absolute Gasteiger partial charge is 0.187 e. The van der Waals surface area contributed by atoms with Gasteiger partial charge in [-0.05, 0) is 0 Å². The summed E-state index contributed by atoms with van der Waals surface area (Å²) >= 11 is 0. The van der Waals surface area contributed by atoms with Crippen LogP contribution in [0.15, 0.2) is 0 Å². The fraction of sp³-hybridized carbons (Fsp3) is 1.00. The third-order valence-electron chi connectivity index (χ3n) is 6.07. The summed E-state index contributed by atoms with van der Waals surface area (Å²) in [5, 5.41) is 109. The topological polar surface area (TPSA) is 269 Å². The zero-order chi connectivity index (χ0) is 25.3. The molecule has 0 aromatic carbocycles. The number of aliphatic hydroxyl groups excluding tert-OH is 11. The highest BCUT2D eigenvalue weighted by molar-refractivity contribution is 4.94. The van der Waals surface area contributed by atoms with Crippen molar-refractivity contribution in [2.45, 2.75) is 92.1 Å². The molecule has 34 heavy (non-hydrogen) atoms. The number of aliphatic hydroxyl groups is 11. The molecule has 0 aliphatic carbocycles. The fourth-order valence-corrected chi connectivity index (χ4v) is 3.94. The van der Waals surface area contributed by atoms with Crippen molar-refractivity contribution in [3.63, 3.8) is 0 Å². The third-order valence-corrected chi connectivity index (χ3v) is 6.07. The maximum absolute atomic E-state index is 10.6. The molecule has 0 radical (unpaired) electrons. The minimum atomic E-state index is -1.93. The minimum Gasteiger partial charge on any atom is -0.394 e. The second-order valence-corrected chi connectivity index (χ2v) is 8.37. The molecule has 0 amide bonds. The molecular weight excluding hydrogens is 472 g/mol. The van der Waals surface area contributed by atoms with Gasteiger partial charge in [-0.1, -0.05) is 0 Å². The van der Waals surface area contributed by atoms with Gasteiger partial charge in [-0.2, -0.15) is 0 Å². The molecule has 3 aliphatic heterocycles. The second kappa shape index (κ2) is 11.6. The number of hydrogen-bond acceptors (Lipinski definition) is 16. The maximum Gasteiger partial charge on any atom is 0.187 e. The van der Waals surface area contributed by atoms with E-state index in [1.54, 1.807) is 0 Å². The Kier molecular flexibility index (Phi) is 9.54. The van der Waals surface area contributed by atoms with E-state index in [0.717, 1.165) is 0 Å². The minimum absolute atomic E-state index is 0.609. The van der Waals surface area contributed by atoms with Gasteiger partial charge in [0.25, 0.3) is 0 Å². The zero-order valence-electron chi connectivity index (χ0n) is 17.7. The van der Waals surface area contributed by atoms with Gasteiger partial charge in [-0.15, -0.1) is 0 Å². The van der Waals surface area contributed by atoms with Crippen LogP contribution >= 0.6 is 0 Å². The summed E-state index contributed by atoms with van der Waals surface area (Å²) < 4.78 is 26.1. The highest BCUT2D eigenvalue weighted by Crippen LogP contribution is 2.29. The van der Waals surface area contributed by atoms with Crippen LogP contribution in [0.1, 0.15) is 0 Å². The summed E-state index contributed by atoms with van der Waals surface area (Å²) in [4.78, 5) is 0. The van der Waals surface area contributed by atoms with Crippen LogP contribution in [-0.2, 0) is 23.7 Å². The number of rotatable bonds is 7. The molecule has 0 spiro atoms. The van der Waals surface area contributed by atoms with Crippen molar-refractivity contribution >= 4 is 0 Å². The molecule has 3 fully saturated rings. The molecular formula is C18H32O16. The molecule has 3 saturated heterocycles. The van der Waals surface area contributed by atoms with E-state index in [1.165, 1.54) is 0 Å². The van der Waals surface area contributed by atoms with Crippen LogP contribution < -0.4 is 0 Å². The van der Waals surface area contributed by atoms with Crippen LogP contribution in [0.25, 0.3) is 0 Å².